The fraction of sp³-hybridized carbons (Fsp3) is 0.609. The van der Waals surface area contributed by atoms with E-state index in [1.807, 2.05) is 0 Å². The number of halogens is 2. The summed E-state index contributed by atoms with van der Waals surface area (Å²) < 4.78 is 31.4. The number of alkyl halides is 2. The van der Waals surface area contributed by atoms with Gasteiger partial charge in [-0.3, -0.25) is 0 Å². The highest BCUT2D eigenvalue weighted by Crippen LogP contribution is 2.71. The summed E-state index contributed by atoms with van der Waals surface area (Å²) in [4.78, 5) is 16.7. The van der Waals surface area contributed by atoms with Crippen molar-refractivity contribution in [2.45, 2.75) is 65.3 Å². The Balaban J connectivity index is 1.43. The molecule has 0 aliphatic heterocycles. The van der Waals surface area contributed by atoms with E-state index in [4.69, 9.17) is 4.74 Å². The number of hydrogen-bond donors (Lipinski definition) is 1. The zero-order valence-electron chi connectivity index (χ0n) is 18.7. The van der Waals surface area contributed by atoms with Crippen molar-refractivity contribution in [3.63, 3.8) is 0 Å². The number of anilines is 1. The van der Waals surface area contributed by atoms with Crippen LogP contribution in [0, 0.1) is 28.1 Å². The fourth-order valence-electron chi connectivity index (χ4n) is 4.95. The Morgan fingerprint density at radius 3 is 2.81 bits per heavy atom. The highest BCUT2D eigenvalue weighted by Gasteiger charge is 2.62. The van der Waals surface area contributed by atoms with E-state index in [9.17, 15) is 14.0 Å². The third-order valence-electron chi connectivity index (χ3n) is 7.07. The molecule has 9 heteroatoms. The average Bonchev–Trinajstić information content (AvgIpc) is 3.32. The smallest absolute Gasteiger partial charge is 0.278 e. The third-order valence-corrected chi connectivity index (χ3v) is 7.07. The molecule has 0 saturated heterocycles. The summed E-state index contributed by atoms with van der Waals surface area (Å²) in [6.07, 6.45) is 9.85. The summed E-state index contributed by atoms with van der Waals surface area (Å²) in [6, 6.07) is 2.20. The van der Waals surface area contributed by atoms with Crippen molar-refractivity contribution in [3.8, 4) is 11.9 Å². The number of aromatic nitrogens is 4. The van der Waals surface area contributed by atoms with Gasteiger partial charge in [0.2, 0.25) is 11.8 Å². The molecule has 2 aliphatic rings. The van der Waals surface area contributed by atoms with Gasteiger partial charge in [0.15, 0.2) is 6.61 Å². The molecular weight excluding hydrogens is 414 g/mol. The Hall–Kier alpha value is -2.89. The largest absolute Gasteiger partial charge is 0.471 e. The highest BCUT2D eigenvalue weighted by atomic mass is 19.3. The van der Waals surface area contributed by atoms with Crippen LogP contribution in [0.25, 0.3) is 0 Å². The Labute approximate surface area is 186 Å². The minimum Gasteiger partial charge on any atom is -0.471 e. The zero-order chi connectivity index (χ0) is 23.0. The molecule has 2 saturated carbocycles. The molecule has 2 aromatic rings. The van der Waals surface area contributed by atoms with Gasteiger partial charge in [-0.05, 0) is 48.9 Å². The Morgan fingerprint density at radius 1 is 1.28 bits per heavy atom. The van der Waals surface area contributed by atoms with Crippen molar-refractivity contribution < 1.29 is 13.5 Å². The molecular formula is C23H28F2N6O. The van der Waals surface area contributed by atoms with E-state index < -0.39 is 12.5 Å². The number of nitrogens with one attached hydrogen (secondary N) is 1. The Kier molecular flexibility index (Phi) is 5.74. The maximum Gasteiger partial charge on any atom is 0.278 e. The predicted octanol–water partition coefficient (Wildman–Crippen LogP) is 4.54. The normalized spacial score (nSPS) is 26.7. The standard InChI is InChI=1S/C23H28F2N6O/c1-21-5-4-15(7-22(21,2)12-21)6-18-16(8-26)10-28-20(31-18)29-11-17-9-27-14-30-19(17)32-13-23(3,24)25/h9-10,14-15H,4-7,11-13H2,1-3H3,(H,28,29,31)/t15-,21-,22?/m0/s1. The molecule has 3 atom stereocenters. The van der Waals surface area contributed by atoms with Gasteiger partial charge in [0.25, 0.3) is 5.92 Å². The number of rotatable bonds is 8. The summed E-state index contributed by atoms with van der Waals surface area (Å²) in [6.45, 7) is 4.97. The zero-order valence-corrected chi connectivity index (χ0v) is 18.7. The van der Waals surface area contributed by atoms with Crippen molar-refractivity contribution in [1.29, 1.82) is 5.26 Å². The van der Waals surface area contributed by atoms with Crippen LogP contribution >= 0.6 is 0 Å². The van der Waals surface area contributed by atoms with Crippen LogP contribution in [-0.4, -0.2) is 32.5 Å². The van der Waals surface area contributed by atoms with Crippen LogP contribution in [0.1, 0.15) is 63.3 Å². The topological polar surface area (TPSA) is 96.6 Å². The van der Waals surface area contributed by atoms with Gasteiger partial charge in [-0.25, -0.2) is 28.7 Å². The molecule has 0 bridgehead atoms. The lowest BCUT2D eigenvalue weighted by atomic mass is 9.74. The molecule has 4 rings (SSSR count). The van der Waals surface area contributed by atoms with E-state index in [0.29, 0.717) is 33.8 Å². The SMILES string of the molecule is CC(F)(F)COc1ncncc1CNc1ncc(C#N)c(C[C@@H]2CC[C@@]3(C)CC3(C)C2)n1. The maximum absolute atomic E-state index is 13.1. The van der Waals surface area contributed by atoms with Crippen molar-refractivity contribution in [2.75, 3.05) is 11.9 Å². The number of nitrogens with zero attached hydrogens (tertiary/aromatic N) is 5. The third kappa shape index (κ3) is 4.79. The molecule has 2 aliphatic carbocycles. The quantitative estimate of drug-likeness (QED) is 0.641. The Morgan fingerprint density at radius 2 is 2.09 bits per heavy atom. The maximum atomic E-state index is 13.1. The van der Waals surface area contributed by atoms with E-state index >= 15 is 0 Å². The van der Waals surface area contributed by atoms with Crippen molar-refractivity contribution in [2.24, 2.45) is 16.7 Å². The number of hydrogen-bond acceptors (Lipinski definition) is 7. The van der Waals surface area contributed by atoms with Gasteiger partial charge in [-0.2, -0.15) is 5.26 Å². The molecule has 32 heavy (non-hydrogen) atoms. The Bertz CT molecular complexity index is 1040. The van der Waals surface area contributed by atoms with Crippen LogP contribution in [0.4, 0.5) is 14.7 Å². The number of fused-ring (bicyclic) bond motifs is 1. The molecule has 170 valence electrons. The molecule has 0 aromatic carbocycles. The van der Waals surface area contributed by atoms with Gasteiger partial charge >= 0.3 is 0 Å². The molecule has 7 nitrogen and oxygen atoms in total. The average molecular weight is 443 g/mol. The first-order chi connectivity index (χ1) is 15.1. The van der Waals surface area contributed by atoms with Gasteiger partial charge in [0, 0.05) is 19.7 Å². The highest BCUT2D eigenvalue weighted by molar-refractivity contribution is 5.38. The summed E-state index contributed by atoms with van der Waals surface area (Å²) in [5, 5.41) is 12.6. The van der Waals surface area contributed by atoms with E-state index in [1.165, 1.54) is 31.6 Å². The monoisotopic (exact) mass is 442 g/mol. The molecule has 1 unspecified atom stereocenters. The predicted molar refractivity (Wildman–Crippen MR) is 114 cm³/mol. The van der Waals surface area contributed by atoms with Gasteiger partial charge in [0.1, 0.15) is 12.4 Å². The van der Waals surface area contributed by atoms with Crippen LogP contribution in [-0.2, 0) is 13.0 Å². The summed E-state index contributed by atoms with van der Waals surface area (Å²) in [5.74, 6) is -2.00. The molecule has 0 radical (unpaired) electrons. The second-order valence-electron chi connectivity index (χ2n) is 9.84. The summed E-state index contributed by atoms with van der Waals surface area (Å²) in [5.41, 5.74) is 2.64. The van der Waals surface area contributed by atoms with Crippen molar-refractivity contribution in [3.05, 3.63) is 35.5 Å². The molecule has 0 amide bonds. The van der Waals surface area contributed by atoms with Crippen molar-refractivity contribution >= 4 is 5.95 Å². The second kappa shape index (κ2) is 8.23. The number of ether oxygens (including phenoxy) is 1. The van der Waals surface area contributed by atoms with E-state index in [1.54, 1.807) is 0 Å². The van der Waals surface area contributed by atoms with Gasteiger partial charge in [0.05, 0.1) is 23.0 Å². The van der Waals surface area contributed by atoms with E-state index in [2.05, 4.69) is 45.2 Å². The first kappa shape index (κ1) is 22.3. The summed E-state index contributed by atoms with van der Waals surface area (Å²) in [7, 11) is 0. The summed E-state index contributed by atoms with van der Waals surface area (Å²) >= 11 is 0. The second-order valence-corrected chi connectivity index (χ2v) is 9.84. The van der Waals surface area contributed by atoms with Gasteiger partial charge < -0.3 is 10.1 Å². The minimum atomic E-state index is -2.96. The lowest BCUT2D eigenvalue weighted by Gasteiger charge is -2.31. The van der Waals surface area contributed by atoms with Crippen LogP contribution < -0.4 is 10.1 Å². The van der Waals surface area contributed by atoms with Crippen molar-refractivity contribution in [1.82, 2.24) is 19.9 Å². The molecule has 0 spiro atoms. The first-order valence-electron chi connectivity index (χ1n) is 10.9. The molecule has 2 fully saturated rings. The van der Waals surface area contributed by atoms with E-state index in [0.717, 1.165) is 31.9 Å². The minimum absolute atomic E-state index is 0.0887. The van der Waals surface area contributed by atoms with Gasteiger partial charge in [-0.15, -0.1) is 0 Å². The van der Waals surface area contributed by atoms with Crippen LogP contribution in [0.3, 0.4) is 0 Å². The molecule has 1 N–H and O–H groups in total. The fourth-order valence-corrected chi connectivity index (χ4v) is 4.95. The van der Waals surface area contributed by atoms with Crippen LogP contribution in [0.15, 0.2) is 18.7 Å². The lowest BCUT2D eigenvalue weighted by Crippen LogP contribution is -2.23. The first-order valence-corrected chi connectivity index (χ1v) is 10.9. The number of nitriles is 1. The van der Waals surface area contributed by atoms with E-state index in [-0.39, 0.29) is 12.4 Å². The molecule has 2 aromatic heterocycles. The van der Waals surface area contributed by atoms with Gasteiger partial charge in [-0.1, -0.05) is 13.8 Å². The van der Waals surface area contributed by atoms with Crippen LogP contribution in [0.5, 0.6) is 5.88 Å². The molecule has 2 heterocycles. The lowest BCUT2D eigenvalue weighted by molar-refractivity contribution is -0.0245. The van der Waals surface area contributed by atoms with Crippen LogP contribution in [0.2, 0.25) is 0 Å².